The number of carbonyl (C=O) groups excluding carboxylic acids is 3. The van der Waals surface area contributed by atoms with Crippen molar-refractivity contribution in [3.05, 3.63) is 57.8 Å². The van der Waals surface area contributed by atoms with E-state index in [1.54, 1.807) is 29.1 Å². The van der Waals surface area contributed by atoms with Gasteiger partial charge < -0.3 is 18.6 Å². The summed E-state index contributed by atoms with van der Waals surface area (Å²) >= 11 is 2.62. The minimum absolute atomic E-state index is 0.00264. The van der Waals surface area contributed by atoms with Gasteiger partial charge in [-0.25, -0.2) is 9.78 Å². The van der Waals surface area contributed by atoms with Crippen molar-refractivity contribution in [2.24, 2.45) is 0 Å². The highest BCUT2D eigenvalue weighted by molar-refractivity contribution is 9.10. The number of nitrogens with zero attached hydrogens (tertiary/aromatic N) is 1. The van der Waals surface area contributed by atoms with Crippen LogP contribution in [0.2, 0.25) is 18.1 Å². The zero-order valence-corrected chi connectivity index (χ0v) is 33.6. The minimum atomic E-state index is -5.36. The van der Waals surface area contributed by atoms with E-state index in [1.165, 1.54) is 32.9 Å². The van der Waals surface area contributed by atoms with Gasteiger partial charge in [0.25, 0.3) is 11.8 Å². The fraction of sp³-hybridized carbons (Fsp3) is 0.588. The molecule has 1 aromatic heterocycles. The Morgan fingerprint density at radius 3 is 2.06 bits per heavy atom. The molecule has 2 aromatic rings. The molecule has 298 valence electrons. The van der Waals surface area contributed by atoms with E-state index in [0.29, 0.717) is 18.1 Å². The summed E-state index contributed by atoms with van der Waals surface area (Å²) in [6.07, 6.45) is -12.6. The molecular formula is C34H47BrF6N4O7Si. The van der Waals surface area contributed by atoms with E-state index in [4.69, 9.17) is 18.6 Å². The second kappa shape index (κ2) is 17.9. The van der Waals surface area contributed by atoms with Gasteiger partial charge in [-0.1, -0.05) is 51.1 Å². The lowest BCUT2D eigenvalue weighted by Gasteiger charge is -2.38. The fourth-order valence-corrected chi connectivity index (χ4v) is 6.33. The molecule has 11 nitrogen and oxygen atoms in total. The van der Waals surface area contributed by atoms with Crippen molar-refractivity contribution >= 4 is 47.8 Å². The Bertz CT molecular complexity index is 1570. The molecule has 0 aliphatic heterocycles. The number of amides is 3. The molecule has 0 saturated heterocycles. The van der Waals surface area contributed by atoms with Gasteiger partial charge in [0, 0.05) is 19.1 Å². The molecule has 3 amide bonds. The highest BCUT2D eigenvalue weighted by atomic mass is 79.9. The zero-order valence-electron chi connectivity index (χ0n) is 31.0. The van der Waals surface area contributed by atoms with Crippen LogP contribution in [-0.2, 0) is 36.2 Å². The van der Waals surface area contributed by atoms with Gasteiger partial charge in [0.05, 0.1) is 24.5 Å². The molecule has 0 aliphatic rings. The molecule has 53 heavy (non-hydrogen) atoms. The summed E-state index contributed by atoms with van der Waals surface area (Å²) < 4.78 is 107. The second-order valence-corrected chi connectivity index (χ2v) is 20.2. The summed E-state index contributed by atoms with van der Waals surface area (Å²) in [5.74, 6) is -3.34. The van der Waals surface area contributed by atoms with Crippen molar-refractivity contribution < 1.29 is 59.4 Å². The lowest BCUT2D eigenvalue weighted by Crippen LogP contribution is -2.62. The number of pyridine rings is 1. The Labute approximate surface area is 314 Å². The minimum Gasteiger partial charge on any atom is -0.444 e. The van der Waals surface area contributed by atoms with Crippen LogP contribution in [0.3, 0.4) is 0 Å². The number of alkyl halides is 6. The van der Waals surface area contributed by atoms with Crippen molar-refractivity contribution in [1.29, 1.82) is 0 Å². The van der Waals surface area contributed by atoms with Gasteiger partial charge in [-0.2, -0.15) is 26.3 Å². The fourth-order valence-electron chi connectivity index (χ4n) is 4.34. The molecule has 0 radical (unpaired) electrons. The number of hydrazine groups is 1. The Kier molecular flexibility index (Phi) is 15.5. The lowest BCUT2D eigenvalue weighted by atomic mass is 9.97. The van der Waals surface area contributed by atoms with E-state index in [0.717, 1.165) is 0 Å². The third kappa shape index (κ3) is 13.5. The van der Waals surface area contributed by atoms with Gasteiger partial charge in [-0.15, -0.1) is 0 Å². The molecule has 0 fully saturated rings. The van der Waals surface area contributed by atoms with E-state index in [1.807, 2.05) is 12.2 Å². The summed E-state index contributed by atoms with van der Waals surface area (Å²) in [5.41, 5.74) is -4.08. The number of nitrogens with one attached hydrogen (secondary N) is 3. The SMILES string of the molecule is C[C@@H](CCOCCC(OCc1ccccc1)(C(=O)NNC(=O)c1nc(Br)c(C(F)(F)F)cc1NC(=O)OC(C)(C)C)C(F)(F)F)O[Si](C)(C)C(C)(C)C. The molecule has 2 rings (SSSR count). The summed E-state index contributed by atoms with van der Waals surface area (Å²) in [5, 5.41) is 1.92. The number of ether oxygens (including phenoxy) is 3. The standard InChI is InChI=1S/C34H47BrF6N4O7Si/c1-21(52-53(8,9)31(5,6)7)15-17-49-18-16-32(34(39,40)41,50-20-22-13-11-10-12-14-22)28(47)45-44-27(46)25-24(42-29(48)51-30(2,3)4)19-23(26(35)43-25)33(36,37)38/h10-14,19,21H,15-18,20H2,1-9H3,(H,42,48)(H,44,46)(H,45,47)/t21-,32?/m0/s1. The smallest absolute Gasteiger partial charge is 0.426 e. The Hall–Kier alpha value is -3.26. The van der Waals surface area contributed by atoms with Crippen molar-refractivity contribution in [3.63, 3.8) is 0 Å². The van der Waals surface area contributed by atoms with Gasteiger partial charge in [0.15, 0.2) is 14.0 Å². The van der Waals surface area contributed by atoms with E-state index in [9.17, 15) is 40.7 Å². The monoisotopic (exact) mass is 844 g/mol. The summed E-state index contributed by atoms with van der Waals surface area (Å²) in [6.45, 7) is 15.3. The molecule has 19 heteroatoms. The van der Waals surface area contributed by atoms with Crippen molar-refractivity contribution in [2.45, 2.75) is 116 Å². The molecule has 0 bridgehead atoms. The average Bonchev–Trinajstić information content (AvgIpc) is 2.99. The third-order valence-corrected chi connectivity index (χ3v) is 13.4. The average molecular weight is 846 g/mol. The Morgan fingerprint density at radius 2 is 1.53 bits per heavy atom. The highest BCUT2D eigenvalue weighted by Gasteiger charge is 2.62. The number of benzene rings is 1. The van der Waals surface area contributed by atoms with E-state index >= 15 is 0 Å². The first-order valence-electron chi connectivity index (χ1n) is 16.5. The first-order chi connectivity index (χ1) is 24.1. The molecule has 0 aliphatic carbocycles. The molecule has 0 spiro atoms. The maximum Gasteiger partial charge on any atom is 0.426 e. The zero-order chi connectivity index (χ0) is 40.6. The quantitative estimate of drug-likeness (QED) is 0.0565. The molecule has 1 aromatic carbocycles. The maximum absolute atomic E-state index is 14.9. The predicted molar refractivity (Wildman–Crippen MR) is 190 cm³/mol. The van der Waals surface area contributed by atoms with Crippen LogP contribution in [0.15, 0.2) is 41.0 Å². The molecular weight excluding hydrogens is 798 g/mol. The number of hydrogen-bond donors (Lipinski definition) is 3. The van der Waals surface area contributed by atoms with Gasteiger partial charge in [0.2, 0.25) is 5.60 Å². The first kappa shape index (κ1) is 45.9. The number of carbonyl (C=O) groups is 3. The largest absolute Gasteiger partial charge is 0.444 e. The lowest BCUT2D eigenvalue weighted by molar-refractivity contribution is -0.275. The Balaban J connectivity index is 2.35. The van der Waals surface area contributed by atoms with Crippen LogP contribution in [-0.4, -0.2) is 67.9 Å². The normalized spacial score (nSPS) is 14.6. The number of aromatic nitrogens is 1. The topological polar surface area (TPSA) is 137 Å². The van der Waals surface area contributed by atoms with Crippen molar-refractivity contribution in [1.82, 2.24) is 15.8 Å². The van der Waals surface area contributed by atoms with E-state index < -0.39 is 91.0 Å². The van der Waals surface area contributed by atoms with Crippen LogP contribution >= 0.6 is 15.9 Å². The van der Waals surface area contributed by atoms with Crippen LogP contribution < -0.4 is 16.2 Å². The van der Waals surface area contributed by atoms with Crippen molar-refractivity contribution in [3.8, 4) is 0 Å². The Morgan fingerprint density at radius 1 is 0.925 bits per heavy atom. The number of halogens is 7. The van der Waals surface area contributed by atoms with Crippen LogP contribution in [0, 0.1) is 0 Å². The van der Waals surface area contributed by atoms with Gasteiger partial charge in [-0.3, -0.25) is 25.8 Å². The van der Waals surface area contributed by atoms with Crippen LogP contribution in [0.4, 0.5) is 36.8 Å². The molecule has 2 atom stereocenters. The third-order valence-electron chi connectivity index (χ3n) is 8.14. The van der Waals surface area contributed by atoms with Crippen LogP contribution in [0.1, 0.15) is 82.9 Å². The number of rotatable bonds is 14. The van der Waals surface area contributed by atoms with Crippen LogP contribution in [0.25, 0.3) is 0 Å². The second-order valence-electron chi connectivity index (χ2n) is 14.7. The van der Waals surface area contributed by atoms with Gasteiger partial charge in [-0.05, 0) is 79.8 Å². The number of anilines is 1. The predicted octanol–water partition coefficient (Wildman–Crippen LogP) is 8.70. The van der Waals surface area contributed by atoms with E-state index in [2.05, 4.69) is 54.8 Å². The molecule has 1 unspecified atom stereocenters. The van der Waals surface area contributed by atoms with E-state index in [-0.39, 0.29) is 17.7 Å². The number of hydrogen-bond acceptors (Lipinski definition) is 8. The van der Waals surface area contributed by atoms with Gasteiger partial charge in [0.1, 0.15) is 10.2 Å². The molecule has 3 N–H and O–H groups in total. The molecule has 0 saturated carbocycles. The van der Waals surface area contributed by atoms with Gasteiger partial charge >= 0.3 is 18.4 Å². The highest BCUT2D eigenvalue weighted by Crippen LogP contribution is 2.40. The summed E-state index contributed by atoms with van der Waals surface area (Å²) in [7, 11) is -2.12. The summed E-state index contributed by atoms with van der Waals surface area (Å²) in [4.78, 5) is 42.6. The molecule has 1 heterocycles. The maximum atomic E-state index is 14.9. The summed E-state index contributed by atoms with van der Waals surface area (Å²) in [6, 6.07) is 8.08. The van der Waals surface area contributed by atoms with Crippen molar-refractivity contribution in [2.75, 3.05) is 18.5 Å². The van der Waals surface area contributed by atoms with Crippen LogP contribution in [0.5, 0.6) is 0 Å². The first-order valence-corrected chi connectivity index (χ1v) is 20.2.